The van der Waals surface area contributed by atoms with E-state index >= 15 is 0 Å². The van der Waals surface area contributed by atoms with E-state index in [4.69, 9.17) is 16.3 Å². The first-order chi connectivity index (χ1) is 18.4. The highest BCUT2D eigenvalue weighted by Crippen LogP contribution is 2.32. The van der Waals surface area contributed by atoms with Gasteiger partial charge in [0.25, 0.3) is 11.5 Å². The fourth-order valence-corrected chi connectivity index (χ4v) is 5.51. The number of nitrogens with zero attached hydrogens (tertiary/aromatic N) is 4. The highest BCUT2D eigenvalue weighted by atomic mass is 35.5. The average molecular weight is 555 g/mol. The molecule has 196 valence electrons. The third kappa shape index (κ3) is 5.01. The van der Waals surface area contributed by atoms with Crippen LogP contribution >= 0.6 is 22.9 Å². The van der Waals surface area contributed by atoms with Crippen molar-refractivity contribution >= 4 is 51.5 Å². The van der Waals surface area contributed by atoms with E-state index in [1.165, 1.54) is 34.2 Å². The number of esters is 1. The van der Waals surface area contributed by atoms with Crippen molar-refractivity contribution in [3.8, 4) is 0 Å². The largest absolute Gasteiger partial charge is 0.462 e. The van der Waals surface area contributed by atoms with Crippen molar-refractivity contribution in [3.05, 3.63) is 91.2 Å². The molecule has 5 rings (SSSR count). The van der Waals surface area contributed by atoms with Crippen LogP contribution in [0.25, 0.3) is 11.0 Å². The summed E-state index contributed by atoms with van der Waals surface area (Å²) < 4.78 is 20.5. The number of carbonyl (C=O) groups excluding carboxylic acids is 2. The van der Waals surface area contributed by atoms with Gasteiger partial charge in [0.05, 0.1) is 28.7 Å². The maximum atomic E-state index is 13.9. The number of hydrogen-bond acceptors (Lipinski definition) is 7. The summed E-state index contributed by atoms with van der Waals surface area (Å²) in [6, 6.07) is 11.2. The van der Waals surface area contributed by atoms with Gasteiger partial charge in [0.2, 0.25) is 0 Å². The molecule has 0 saturated carbocycles. The number of carbonyl (C=O) groups is 2. The molecule has 1 aliphatic rings. The topological polar surface area (TPSA) is 84.7 Å². The number of rotatable bonds is 6. The summed E-state index contributed by atoms with van der Waals surface area (Å²) in [5.41, 5.74) is 0.481. The number of benzene rings is 1. The third-order valence-corrected chi connectivity index (χ3v) is 7.43. The summed E-state index contributed by atoms with van der Waals surface area (Å²) in [6.45, 7) is 3.32. The Bertz CT molecular complexity index is 1570. The van der Waals surface area contributed by atoms with E-state index in [1.807, 2.05) is 16.3 Å². The van der Waals surface area contributed by atoms with Crippen molar-refractivity contribution in [2.45, 2.75) is 13.5 Å². The van der Waals surface area contributed by atoms with E-state index in [0.717, 1.165) is 0 Å². The van der Waals surface area contributed by atoms with Gasteiger partial charge in [0.15, 0.2) is 0 Å². The van der Waals surface area contributed by atoms with Crippen LogP contribution in [-0.2, 0) is 11.3 Å². The molecule has 0 unspecified atom stereocenters. The molecule has 0 N–H and O–H groups in total. The van der Waals surface area contributed by atoms with Crippen LogP contribution in [0.1, 0.15) is 32.5 Å². The molecule has 1 saturated heterocycles. The Balaban J connectivity index is 1.61. The van der Waals surface area contributed by atoms with Gasteiger partial charge >= 0.3 is 5.97 Å². The van der Waals surface area contributed by atoms with Gasteiger partial charge in [0, 0.05) is 37.8 Å². The van der Waals surface area contributed by atoms with Crippen LogP contribution in [-0.4, -0.2) is 59.1 Å². The zero-order valence-corrected chi connectivity index (χ0v) is 22.1. The summed E-state index contributed by atoms with van der Waals surface area (Å²) >= 11 is 7.72. The Morgan fingerprint density at radius 1 is 1.13 bits per heavy atom. The van der Waals surface area contributed by atoms with Gasteiger partial charge in [0.1, 0.15) is 17.0 Å². The standard InChI is InChI=1S/C27H24ClFN4O4S/c1-2-37-27(36)22-23(31-8-10-32(11-9-31)25(34)21-7-4-12-38-21)20-14-18(28)15-30-24(20)33(26(22)35)16-17-5-3-6-19(29)13-17/h3-7,12-15H,2,8-11,16H2,1H3. The first-order valence-corrected chi connectivity index (χ1v) is 13.3. The lowest BCUT2D eigenvalue weighted by molar-refractivity contribution is 0.0523. The predicted octanol–water partition coefficient (Wildman–Crippen LogP) is 4.44. The lowest BCUT2D eigenvalue weighted by Crippen LogP contribution is -2.49. The van der Waals surface area contributed by atoms with Crippen LogP contribution in [0, 0.1) is 5.82 Å². The number of amides is 1. The second-order valence-corrected chi connectivity index (χ2v) is 10.1. The van der Waals surface area contributed by atoms with Crippen molar-refractivity contribution < 1.29 is 18.7 Å². The molecular formula is C27H24ClFN4O4S. The van der Waals surface area contributed by atoms with E-state index in [0.29, 0.717) is 58.4 Å². The minimum atomic E-state index is -0.764. The molecule has 1 fully saturated rings. The van der Waals surface area contributed by atoms with Crippen LogP contribution in [0.4, 0.5) is 10.1 Å². The number of thiophene rings is 1. The second kappa shape index (κ2) is 10.9. The number of halogens is 2. The molecule has 1 amide bonds. The van der Waals surface area contributed by atoms with E-state index in [-0.39, 0.29) is 24.6 Å². The minimum absolute atomic E-state index is 0.00248. The molecule has 4 aromatic rings. The predicted molar refractivity (Wildman–Crippen MR) is 145 cm³/mol. The van der Waals surface area contributed by atoms with Crippen molar-refractivity contribution in [1.29, 1.82) is 0 Å². The lowest BCUT2D eigenvalue weighted by Gasteiger charge is -2.37. The lowest BCUT2D eigenvalue weighted by atomic mass is 10.1. The molecule has 1 aliphatic heterocycles. The van der Waals surface area contributed by atoms with Crippen molar-refractivity contribution in [3.63, 3.8) is 0 Å². The van der Waals surface area contributed by atoms with Gasteiger partial charge in [-0.3, -0.25) is 14.2 Å². The summed E-state index contributed by atoms with van der Waals surface area (Å²) in [7, 11) is 0. The number of fused-ring (bicyclic) bond motifs is 1. The van der Waals surface area contributed by atoms with E-state index in [9.17, 15) is 18.8 Å². The van der Waals surface area contributed by atoms with Crippen LogP contribution in [0.2, 0.25) is 5.02 Å². The Morgan fingerprint density at radius 3 is 2.61 bits per heavy atom. The van der Waals surface area contributed by atoms with Crippen LogP contribution in [0.3, 0.4) is 0 Å². The fraction of sp³-hybridized carbons (Fsp3) is 0.259. The first kappa shape index (κ1) is 25.9. The normalized spacial score (nSPS) is 13.7. The Hall–Kier alpha value is -3.76. The van der Waals surface area contributed by atoms with Gasteiger partial charge in [-0.1, -0.05) is 29.8 Å². The van der Waals surface area contributed by atoms with E-state index < -0.39 is 17.3 Å². The maximum absolute atomic E-state index is 13.9. The van der Waals surface area contributed by atoms with E-state index in [2.05, 4.69) is 4.98 Å². The number of aromatic nitrogens is 2. The molecule has 3 aromatic heterocycles. The summed E-state index contributed by atoms with van der Waals surface area (Å²) in [5.74, 6) is -1.25. The number of piperazine rings is 1. The minimum Gasteiger partial charge on any atom is -0.462 e. The fourth-order valence-electron chi connectivity index (χ4n) is 4.66. The first-order valence-electron chi connectivity index (χ1n) is 12.1. The molecule has 1 aromatic carbocycles. The van der Waals surface area contributed by atoms with Gasteiger partial charge in [-0.2, -0.15) is 0 Å². The molecule has 0 atom stereocenters. The smallest absolute Gasteiger partial charge is 0.345 e. The molecule has 0 radical (unpaired) electrons. The van der Waals surface area contributed by atoms with Gasteiger partial charge in [-0.25, -0.2) is 14.2 Å². The van der Waals surface area contributed by atoms with Crippen LogP contribution < -0.4 is 10.5 Å². The maximum Gasteiger partial charge on any atom is 0.345 e. The zero-order chi connectivity index (χ0) is 26.8. The molecule has 4 heterocycles. The summed E-state index contributed by atoms with van der Waals surface area (Å²) in [5, 5.41) is 2.68. The zero-order valence-electron chi connectivity index (χ0n) is 20.5. The van der Waals surface area contributed by atoms with E-state index in [1.54, 1.807) is 36.1 Å². The molecule has 11 heteroatoms. The quantitative estimate of drug-likeness (QED) is 0.328. The molecule has 0 spiro atoms. The number of anilines is 1. The average Bonchev–Trinajstić information content (AvgIpc) is 3.45. The third-order valence-electron chi connectivity index (χ3n) is 6.36. The molecule has 38 heavy (non-hydrogen) atoms. The summed E-state index contributed by atoms with van der Waals surface area (Å²) in [4.78, 5) is 48.7. The molecule has 8 nitrogen and oxygen atoms in total. The second-order valence-electron chi connectivity index (χ2n) is 8.75. The highest BCUT2D eigenvalue weighted by Gasteiger charge is 2.31. The van der Waals surface area contributed by atoms with Crippen LogP contribution in [0.5, 0.6) is 0 Å². The summed E-state index contributed by atoms with van der Waals surface area (Å²) in [6.07, 6.45) is 1.43. The van der Waals surface area contributed by atoms with Crippen molar-refractivity contribution in [1.82, 2.24) is 14.5 Å². The molecule has 0 bridgehead atoms. The Morgan fingerprint density at radius 2 is 1.92 bits per heavy atom. The number of pyridine rings is 2. The van der Waals surface area contributed by atoms with Crippen molar-refractivity contribution in [2.75, 3.05) is 37.7 Å². The van der Waals surface area contributed by atoms with Gasteiger partial charge < -0.3 is 14.5 Å². The molecular weight excluding hydrogens is 531 g/mol. The Kier molecular flexibility index (Phi) is 7.44. The number of hydrogen-bond donors (Lipinski definition) is 0. The van der Waals surface area contributed by atoms with Gasteiger partial charge in [-0.15, -0.1) is 11.3 Å². The highest BCUT2D eigenvalue weighted by molar-refractivity contribution is 7.12. The molecule has 0 aliphatic carbocycles. The number of ether oxygens (including phenoxy) is 1. The van der Waals surface area contributed by atoms with Crippen molar-refractivity contribution in [2.24, 2.45) is 0 Å². The van der Waals surface area contributed by atoms with Crippen LogP contribution in [0.15, 0.2) is 58.8 Å². The SMILES string of the molecule is CCOC(=O)c1c(N2CCN(C(=O)c3cccs3)CC2)c2cc(Cl)cnc2n(Cc2cccc(F)c2)c1=O. The monoisotopic (exact) mass is 554 g/mol. The Labute approximate surface area is 226 Å². The van der Waals surface area contributed by atoms with Gasteiger partial charge in [-0.05, 0) is 42.1 Å².